The van der Waals surface area contributed by atoms with Crippen molar-refractivity contribution in [2.45, 2.75) is 58.9 Å². The number of nitrogens with zero attached hydrogens (tertiary/aromatic N) is 3. The van der Waals surface area contributed by atoms with Gasteiger partial charge in [0.15, 0.2) is 0 Å². The quantitative estimate of drug-likeness (QED) is 0.486. The van der Waals surface area contributed by atoms with Crippen molar-refractivity contribution >= 4 is 29.7 Å². The van der Waals surface area contributed by atoms with Gasteiger partial charge in [0.2, 0.25) is 11.8 Å². The Morgan fingerprint density at radius 3 is 2.49 bits per heavy atom. The van der Waals surface area contributed by atoms with Crippen molar-refractivity contribution in [3.63, 3.8) is 0 Å². The molecule has 6 rings (SSSR count). The van der Waals surface area contributed by atoms with Crippen LogP contribution in [0.15, 0.2) is 12.3 Å². The molecule has 0 spiro atoms. The summed E-state index contributed by atoms with van der Waals surface area (Å²) in [5, 5.41) is 10.7. The summed E-state index contributed by atoms with van der Waals surface area (Å²) in [5.74, 6) is 1.42. The second kappa shape index (κ2) is 9.78. The molecule has 202 valence electrons. The number of rotatable bonds is 8. The van der Waals surface area contributed by atoms with Crippen molar-refractivity contribution in [1.29, 1.82) is 0 Å². The van der Waals surface area contributed by atoms with E-state index in [0.717, 1.165) is 32.1 Å². The molecule has 1 saturated heterocycles. The van der Waals surface area contributed by atoms with E-state index < -0.39 is 5.41 Å². The number of carbonyl (C=O) groups is 3. The standard InChI is InChI=1S/C27H40N6O4/c1-4-29-25(36)26(2,3)5-6-33-23(32-7-9-37-10-8-32)20(16-30-33)22(34)31-21-18-11-17-12-19(21)15-27(13-17,14-18)24(28)35/h5-6,16-19,21H,4,7-15H2,1-3H3,(H2,28,35)(H,29,36)(H,31,34)/b6-5+. The van der Waals surface area contributed by atoms with Gasteiger partial charge in [-0.05, 0) is 70.6 Å². The van der Waals surface area contributed by atoms with Crippen LogP contribution in [0.25, 0.3) is 6.20 Å². The van der Waals surface area contributed by atoms with Gasteiger partial charge in [-0.1, -0.05) is 6.08 Å². The summed E-state index contributed by atoms with van der Waals surface area (Å²) in [5.41, 5.74) is 5.24. The van der Waals surface area contributed by atoms with Crippen molar-refractivity contribution in [2.24, 2.45) is 34.3 Å². The summed E-state index contributed by atoms with van der Waals surface area (Å²) in [6.07, 6.45) is 9.75. The summed E-state index contributed by atoms with van der Waals surface area (Å²) in [6.45, 7) is 8.60. The number of aromatic nitrogens is 2. The normalized spacial score (nSPS) is 31.1. The Bertz CT molecular complexity index is 1070. The van der Waals surface area contributed by atoms with Gasteiger partial charge in [-0.2, -0.15) is 5.10 Å². The Hall–Kier alpha value is -2.88. The molecular weight excluding hydrogens is 472 g/mol. The smallest absolute Gasteiger partial charge is 0.256 e. The highest BCUT2D eigenvalue weighted by atomic mass is 16.5. The third kappa shape index (κ3) is 4.76. The molecule has 1 aromatic heterocycles. The average molecular weight is 513 g/mol. The summed E-state index contributed by atoms with van der Waals surface area (Å²) >= 11 is 0. The molecule has 0 aromatic carbocycles. The maximum absolute atomic E-state index is 13.7. The summed E-state index contributed by atoms with van der Waals surface area (Å²) in [6, 6.07) is 0.0460. The van der Waals surface area contributed by atoms with Crippen LogP contribution < -0.4 is 21.3 Å². The molecule has 2 heterocycles. The van der Waals surface area contributed by atoms with Gasteiger partial charge in [0.05, 0.1) is 24.8 Å². The number of primary amides is 1. The van der Waals surface area contributed by atoms with Crippen molar-refractivity contribution < 1.29 is 19.1 Å². The second-order valence-electron chi connectivity index (χ2n) is 11.9. The molecule has 5 fully saturated rings. The average Bonchev–Trinajstić information content (AvgIpc) is 3.29. The zero-order valence-corrected chi connectivity index (χ0v) is 22.2. The van der Waals surface area contributed by atoms with E-state index in [2.05, 4.69) is 20.6 Å². The fourth-order valence-electron chi connectivity index (χ4n) is 7.23. The molecule has 3 amide bonds. The molecule has 1 aromatic rings. The molecule has 4 N–H and O–H groups in total. The van der Waals surface area contributed by atoms with Gasteiger partial charge in [0.25, 0.3) is 5.91 Å². The minimum atomic E-state index is -0.733. The predicted molar refractivity (Wildman–Crippen MR) is 139 cm³/mol. The number of amides is 3. The van der Waals surface area contributed by atoms with Gasteiger partial charge >= 0.3 is 0 Å². The first-order chi connectivity index (χ1) is 17.6. The van der Waals surface area contributed by atoms with Crippen LogP contribution in [0.2, 0.25) is 0 Å². The highest BCUT2D eigenvalue weighted by Gasteiger charge is 2.58. The van der Waals surface area contributed by atoms with Crippen molar-refractivity contribution in [2.75, 3.05) is 37.7 Å². The van der Waals surface area contributed by atoms with E-state index in [1.54, 1.807) is 17.1 Å². The Morgan fingerprint density at radius 1 is 1.19 bits per heavy atom. The predicted octanol–water partition coefficient (Wildman–Crippen LogP) is 1.76. The first kappa shape index (κ1) is 25.8. The van der Waals surface area contributed by atoms with Gasteiger partial charge in [-0.3, -0.25) is 14.4 Å². The minimum absolute atomic E-state index is 0.0460. The zero-order chi connectivity index (χ0) is 26.4. The number of nitrogens with one attached hydrogen (secondary N) is 2. The van der Waals surface area contributed by atoms with Gasteiger partial charge in [0.1, 0.15) is 11.4 Å². The van der Waals surface area contributed by atoms with Crippen molar-refractivity contribution in [1.82, 2.24) is 20.4 Å². The SMILES string of the molecule is CCNC(=O)C(C)(C)/C=C/n1ncc(C(=O)NC2C3CC4CC2CC(C(N)=O)(C4)C3)c1N1CCOCC1. The summed E-state index contributed by atoms with van der Waals surface area (Å²) < 4.78 is 7.24. The first-order valence-electron chi connectivity index (χ1n) is 13.6. The van der Waals surface area contributed by atoms with Gasteiger partial charge in [-0.25, -0.2) is 4.68 Å². The lowest BCUT2D eigenvalue weighted by Gasteiger charge is -2.58. The van der Waals surface area contributed by atoms with E-state index >= 15 is 0 Å². The molecule has 4 saturated carbocycles. The Labute approximate surface area is 218 Å². The second-order valence-corrected chi connectivity index (χ2v) is 11.9. The summed E-state index contributed by atoms with van der Waals surface area (Å²) in [4.78, 5) is 40.6. The number of hydrogen-bond donors (Lipinski definition) is 3. The number of ether oxygens (including phenoxy) is 1. The van der Waals surface area contributed by atoms with E-state index in [9.17, 15) is 14.4 Å². The van der Waals surface area contributed by atoms with Crippen LogP contribution in [0.3, 0.4) is 0 Å². The molecule has 0 radical (unpaired) electrons. The highest BCUT2D eigenvalue weighted by Crippen LogP contribution is 2.60. The van der Waals surface area contributed by atoms with Crippen LogP contribution in [0.1, 0.15) is 63.2 Å². The Balaban J connectivity index is 1.39. The number of anilines is 1. The first-order valence-corrected chi connectivity index (χ1v) is 13.6. The fraction of sp³-hybridized carbons (Fsp3) is 0.704. The largest absolute Gasteiger partial charge is 0.378 e. The Morgan fingerprint density at radius 2 is 1.86 bits per heavy atom. The molecular formula is C27H40N6O4. The van der Waals surface area contributed by atoms with Crippen LogP contribution in [0.4, 0.5) is 5.82 Å². The molecule has 2 unspecified atom stereocenters. The van der Waals surface area contributed by atoms with Gasteiger partial charge in [-0.15, -0.1) is 0 Å². The van der Waals surface area contributed by atoms with E-state index in [1.807, 2.05) is 26.8 Å². The number of hydrogen-bond acceptors (Lipinski definition) is 6. The van der Waals surface area contributed by atoms with Crippen molar-refractivity contribution in [3.8, 4) is 0 Å². The topological polar surface area (TPSA) is 132 Å². The molecule has 2 atom stereocenters. The number of nitrogens with two attached hydrogens (primary N) is 1. The number of morpholine rings is 1. The Kier molecular flexibility index (Phi) is 6.81. The maximum Gasteiger partial charge on any atom is 0.256 e. The number of carbonyl (C=O) groups excluding carboxylic acids is 3. The van der Waals surface area contributed by atoms with E-state index in [0.29, 0.717) is 50.1 Å². The molecule has 10 heteroatoms. The van der Waals surface area contributed by atoms with Crippen LogP contribution >= 0.6 is 0 Å². The fourth-order valence-corrected chi connectivity index (χ4v) is 7.23. The lowest BCUT2D eigenvalue weighted by Crippen LogP contribution is -2.62. The van der Waals surface area contributed by atoms with E-state index in [-0.39, 0.29) is 41.0 Å². The monoisotopic (exact) mass is 512 g/mol. The van der Waals surface area contributed by atoms with E-state index in [1.165, 1.54) is 0 Å². The molecule has 1 aliphatic heterocycles. The third-order valence-electron chi connectivity index (χ3n) is 8.97. The molecule has 10 nitrogen and oxygen atoms in total. The van der Waals surface area contributed by atoms with Crippen molar-refractivity contribution in [3.05, 3.63) is 17.8 Å². The highest BCUT2D eigenvalue weighted by molar-refractivity contribution is 5.99. The van der Waals surface area contributed by atoms with Gasteiger partial charge in [0, 0.05) is 37.3 Å². The summed E-state index contributed by atoms with van der Waals surface area (Å²) in [7, 11) is 0. The molecule has 37 heavy (non-hydrogen) atoms. The molecule has 4 aliphatic carbocycles. The lowest BCUT2D eigenvalue weighted by molar-refractivity contribution is -0.145. The molecule has 4 bridgehead atoms. The molecule has 5 aliphatic rings. The lowest BCUT2D eigenvalue weighted by atomic mass is 9.47. The van der Waals surface area contributed by atoms with Gasteiger partial charge < -0.3 is 26.0 Å². The van der Waals surface area contributed by atoms with Crippen LogP contribution in [-0.4, -0.2) is 66.4 Å². The van der Waals surface area contributed by atoms with Crippen LogP contribution in [0, 0.1) is 28.6 Å². The van der Waals surface area contributed by atoms with E-state index in [4.69, 9.17) is 10.5 Å². The minimum Gasteiger partial charge on any atom is -0.378 e. The zero-order valence-electron chi connectivity index (χ0n) is 22.2. The maximum atomic E-state index is 13.7. The van der Waals surface area contributed by atoms with Crippen LogP contribution in [0.5, 0.6) is 0 Å². The van der Waals surface area contributed by atoms with Crippen LogP contribution in [-0.2, 0) is 14.3 Å². The third-order valence-corrected chi connectivity index (χ3v) is 8.97.